The largest absolute Gasteiger partial charge is 0.370 e. The van der Waals surface area contributed by atoms with Gasteiger partial charge < -0.3 is 4.90 Å². The number of nitriles is 1. The molecular weight excluding hydrogens is 421 g/mol. The van der Waals surface area contributed by atoms with Crippen molar-refractivity contribution in [3.63, 3.8) is 0 Å². The number of nitrogens with zero attached hydrogens (tertiary/aromatic N) is 3. The van der Waals surface area contributed by atoms with Gasteiger partial charge in [0, 0.05) is 36.3 Å². The van der Waals surface area contributed by atoms with Gasteiger partial charge in [-0.05, 0) is 48.9 Å². The predicted molar refractivity (Wildman–Crippen MR) is 101 cm³/mol. The second-order valence-corrected chi connectivity index (χ2v) is 8.80. The average Bonchev–Trinajstić information content (AvgIpc) is 2.90. The minimum absolute atomic E-state index is 0.272. The summed E-state index contributed by atoms with van der Waals surface area (Å²) in [7, 11) is -3.90. The molecule has 1 aliphatic rings. The first-order valence-electron chi connectivity index (χ1n) is 8.12. The summed E-state index contributed by atoms with van der Waals surface area (Å²) in [5.41, 5.74) is 1.52. The minimum atomic E-state index is -3.90. The van der Waals surface area contributed by atoms with Gasteiger partial charge in [-0.25, -0.2) is 12.8 Å². The summed E-state index contributed by atoms with van der Waals surface area (Å²) in [6, 6.07) is 13.2. The maximum absolute atomic E-state index is 14.1. The van der Waals surface area contributed by atoms with E-state index >= 15 is 0 Å². The van der Waals surface area contributed by atoms with Crippen LogP contribution in [0.4, 0.5) is 10.1 Å². The molecule has 1 aliphatic heterocycles. The first-order valence-corrected chi connectivity index (χ1v) is 10.4. The predicted octanol–water partition coefficient (Wildman–Crippen LogP) is 3.36. The molecule has 0 radical (unpaired) electrons. The number of hydrogen-bond acceptors (Lipinski definition) is 4. The van der Waals surface area contributed by atoms with Gasteiger partial charge in [0.05, 0.1) is 11.6 Å². The summed E-state index contributed by atoms with van der Waals surface area (Å²) in [6.07, 6.45) is 0.634. The lowest BCUT2D eigenvalue weighted by atomic mass is 10.2. The SMILES string of the molecule is N#Cc1ccc(N2CCCN(S(=O)(=O)c3cc(Br)ccc3F)CC2)cc1. The van der Waals surface area contributed by atoms with Crippen LogP contribution in [0.15, 0.2) is 51.8 Å². The van der Waals surface area contributed by atoms with E-state index in [0.717, 1.165) is 11.8 Å². The molecule has 5 nitrogen and oxygen atoms in total. The van der Waals surface area contributed by atoms with Gasteiger partial charge in [0.15, 0.2) is 0 Å². The summed E-state index contributed by atoms with van der Waals surface area (Å²) in [5.74, 6) is -0.749. The molecule has 0 bridgehead atoms. The Labute approximate surface area is 160 Å². The van der Waals surface area contributed by atoms with Crippen LogP contribution in [0.1, 0.15) is 12.0 Å². The van der Waals surface area contributed by atoms with E-state index in [-0.39, 0.29) is 11.4 Å². The number of anilines is 1. The van der Waals surface area contributed by atoms with Gasteiger partial charge in [0.25, 0.3) is 0 Å². The molecular formula is C18H17BrFN3O2S. The van der Waals surface area contributed by atoms with Crippen LogP contribution in [-0.4, -0.2) is 38.9 Å². The van der Waals surface area contributed by atoms with E-state index < -0.39 is 15.8 Å². The second-order valence-electron chi connectivity index (χ2n) is 5.98. The molecule has 26 heavy (non-hydrogen) atoms. The van der Waals surface area contributed by atoms with Crippen molar-refractivity contribution in [2.45, 2.75) is 11.3 Å². The topological polar surface area (TPSA) is 64.4 Å². The molecule has 0 spiro atoms. The zero-order valence-corrected chi connectivity index (χ0v) is 16.3. The van der Waals surface area contributed by atoms with E-state index in [4.69, 9.17) is 5.26 Å². The highest BCUT2D eigenvalue weighted by Gasteiger charge is 2.29. The third kappa shape index (κ3) is 3.90. The van der Waals surface area contributed by atoms with Gasteiger partial charge in [-0.3, -0.25) is 0 Å². The molecule has 1 fully saturated rings. The third-order valence-corrected chi connectivity index (χ3v) is 6.73. The Balaban J connectivity index is 1.79. The average molecular weight is 438 g/mol. The Bertz CT molecular complexity index is 942. The van der Waals surface area contributed by atoms with Crippen LogP contribution in [0.25, 0.3) is 0 Å². The molecule has 0 amide bonds. The second kappa shape index (κ2) is 7.74. The molecule has 2 aromatic carbocycles. The lowest BCUT2D eigenvalue weighted by Gasteiger charge is -2.23. The molecule has 0 aromatic heterocycles. The number of halogens is 2. The van der Waals surface area contributed by atoms with E-state index in [2.05, 4.69) is 26.9 Å². The zero-order chi connectivity index (χ0) is 18.7. The zero-order valence-electron chi connectivity index (χ0n) is 13.9. The Hall–Kier alpha value is -1.95. The number of sulfonamides is 1. The van der Waals surface area contributed by atoms with Crippen molar-refractivity contribution in [1.82, 2.24) is 4.31 Å². The van der Waals surface area contributed by atoms with Gasteiger partial charge in [-0.1, -0.05) is 15.9 Å². The molecule has 0 aliphatic carbocycles. The van der Waals surface area contributed by atoms with Gasteiger partial charge in [0.1, 0.15) is 10.7 Å². The van der Waals surface area contributed by atoms with Crippen LogP contribution in [0.5, 0.6) is 0 Å². The molecule has 2 aromatic rings. The molecule has 0 atom stereocenters. The van der Waals surface area contributed by atoms with Crippen LogP contribution < -0.4 is 4.90 Å². The maximum Gasteiger partial charge on any atom is 0.246 e. The Kier molecular flexibility index (Phi) is 5.61. The number of hydrogen-bond donors (Lipinski definition) is 0. The van der Waals surface area contributed by atoms with Gasteiger partial charge in [0.2, 0.25) is 10.0 Å². The number of rotatable bonds is 3. The van der Waals surface area contributed by atoms with E-state index in [0.29, 0.717) is 36.1 Å². The van der Waals surface area contributed by atoms with Crippen LogP contribution in [-0.2, 0) is 10.0 Å². The first-order chi connectivity index (χ1) is 12.4. The van der Waals surface area contributed by atoms with Gasteiger partial charge in [-0.15, -0.1) is 0 Å². The van der Waals surface area contributed by atoms with Crippen molar-refractivity contribution in [1.29, 1.82) is 5.26 Å². The molecule has 8 heteroatoms. The fraction of sp³-hybridized carbons (Fsp3) is 0.278. The van der Waals surface area contributed by atoms with Crippen molar-refractivity contribution in [2.24, 2.45) is 0 Å². The molecule has 0 saturated carbocycles. The monoisotopic (exact) mass is 437 g/mol. The first kappa shape index (κ1) is 18.8. The fourth-order valence-electron chi connectivity index (χ4n) is 2.95. The molecule has 1 saturated heterocycles. The normalized spacial score (nSPS) is 16.1. The van der Waals surface area contributed by atoms with Crippen molar-refractivity contribution < 1.29 is 12.8 Å². The summed E-state index contributed by atoms with van der Waals surface area (Å²) in [4.78, 5) is 1.77. The summed E-state index contributed by atoms with van der Waals surface area (Å²) in [5, 5.41) is 8.89. The van der Waals surface area contributed by atoms with Crippen molar-refractivity contribution in [2.75, 3.05) is 31.1 Å². The summed E-state index contributed by atoms with van der Waals surface area (Å²) >= 11 is 3.20. The smallest absolute Gasteiger partial charge is 0.246 e. The molecule has 136 valence electrons. The highest BCUT2D eigenvalue weighted by molar-refractivity contribution is 9.10. The van der Waals surface area contributed by atoms with Crippen LogP contribution in [0.2, 0.25) is 0 Å². The Morgan fingerprint density at radius 3 is 2.46 bits per heavy atom. The minimum Gasteiger partial charge on any atom is -0.370 e. The van der Waals surface area contributed by atoms with Gasteiger partial charge >= 0.3 is 0 Å². The molecule has 1 heterocycles. The lowest BCUT2D eigenvalue weighted by molar-refractivity contribution is 0.428. The highest BCUT2D eigenvalue weighted by atomic mass is 79.9. The standard InChI is InChI=1S/C18H17BrFN3O2S/c19-15-4-7-17(20)18(12-15)26(24,25)23-9-1-8-22(10-11-23)16-5-2-14(13-21)3-6-16/h2-7,12H,1,8-11H2. The van der Waals surface area contributed by atoms with Gasteiger partial charge in [-0.2, -0.15) is 9.57 Å². The maximum atomic E-state index is 14.1. The van der Waals surface area contributed by atoms with Crippen LogP contribution >= 0.6 is 15.9 Å². The van der Waals surface area contributed by atoms with E-state index in [9.17, 15) is 12.8 Å². The number of benzene rings is 2. The van der Waals surface area contributed by atoms with Crippen molar-refractivity contribution in [3.8, 4) is 6.07 Å². The van der Waals surface area contributed by atoms with E-state index in [1.54, 1.807) is 12.1 Å². The summed E-state index contributed by atoms with van der Waals surface area (Å²) < 4.78 is 41.6. The third-order valence-electron chi connectivity index (χ3n) is 4.33. The highest BCUT2D eigenvalue weighted by Crippen LogP contribution is 2.25. The molecule has 0 N–H and O–H groups in total. The summed E-state index contributed by atoms with van der Waals surface area (Å²) in [6.45, 7) is 1.80. The fourth-order valence-corrected chi connectivity index (χ4v) is 5.03. The lowest BCUT2D eigenvalue weighted by Crippen LogP contribution is -2.35. The Morgan fingerprint density at radius 1 is 1.04 bits per heavy atom. The quantitative estimate of drug-likeness (QED) is 0.738. The van der Waals surface area contributed by atoms with Crippen LogP contribution in [0.3, 0.4) is 0 Å². The molecule has 3 rings (SSSR count). The van der Waals surface area contributed by atoms with Crippen molar-refractivity contribution >= 4 is 31.6 Å². The molecule has 0 unspecified atom stereocenters. The van der Waals surface area contributed by atoms with Crippen LogP contribution in [0, 0.1) is 17.1 Å². The van der Waals surface area contributed by atoms with E-state index in [1.165, 1.54) is 16.4 Å². The Morgan fingerprint density at radius 2 is 1.77 bits per heavy atom. The van der Waals surface area contributed by atoms with Crippen molar-refractivity contribution in [3.05, 3.63) is 58.3 Å². The van der Waals surface area contributed by atoms with E-state index in [1.807, 2.05) is 12.1 Å².